The van der Waals surface area contributed by atoms with Gasteiger partial charge in [-0.3, -0.25) is 4.79 Å². The van der Waals surface area contributed by atoms with Crippen LogP contribution in [0.15, 0.2) is 103 Å². The number of carbonyl (C=O) groups is 1. The lowest BCUT2D eigenvalue weighted by Crippen LogP contribution is -1.93. The van der Waals surface area contributed by atoms with E-state index in [0.717, 1.165) is 33.6 Å². The van der Waals surface area contributed by atoms with Gasteiger partial charge in [0.1, 0.15) is 11.5 Å². The van der Waals surface area contributed by atoms with Crippen LogP contribution in [-0.4, -0.2) is 18.0 Å². The Bertz CT molecular complexity index is 1240. The van der Waals surface area contributed by atoms with Crippen LogP contribution in [0.25, 0.3) is 28.3 Å². The third-order valence-electron chi connectivity index (χ3n) is 5.10. The summed E-state index contributed by atoms with van der Waals surface area (Å²) in [7, 11) is 1.64. The van der Waals surface area contributed by atoms with E-state index in [-0.39, 0.29) is 11.5 Å². The van der Waals surface area contributed by atoms with E-state index in [9.17, 15) is 9.90 Å². The third kappa shape index (κ3) is 4.57. The molecule has 0 radical (unpaired) electrons. The molecule has 31 heavy (non-hydrogen) atoms. The van der Waals surface area contributed by atoms with Gasteiger partial charge in [-0.15, -0.1) is 0 Å². The quantitative estimate of drug-likeness (QED) is 0.289. The largest absolute Gasteiger partial charge is 0.507 e. The summed E-state index contributed by atoms with van der Waals surface area (Å²) in [6, 6.07) is 30.2. The van der Waals surface area contributed by atoms with Gasteiger partial charge in [0, 0.05) is 11.1 Å². The maximum absolute atomic E-state index is 12.5. The predicted octanol–water partition coefficient (Wildman–Crippen LogP) is 6.63. The Morgan fingerprint density at radius 1 is 0.774 bits per heavy atom. The maximum atomic E-state index is 12.5. The zero-order valence-electron chi connectivity index (χ0n) is 17.2. The number of ketones is 1. The highest BCUT2D eigenvalue weighted by atomic mass is 16.5. The lowest BCUT2D eigenvalue weighted by Gasteiger charge is -2.14. The maximum Gasteiger partial charge on any atom is 0.185 e. The molecule has 1 N–H and O–H groups in total. The number of aromatic hydroxyl groups is 1. The van der Waals surface area contributed by atoms with Gasteiger partial charge in [-0.25, -0.2) is 0 Å². The van der Waals surface area contributed by atoms with Gasteiger partial charge in [0.25, 0.3) is 0 Å². The summed E-state index contributed by atoms with van der Waals surface area (Å²) in [5.74, 6) is 0.920. The Hall–Kier alpha value is -4.11. The Morgan fingerprint density at radius 3 is 2.32 bits per heavy atom. The fourth-order valence-corrected chi connectivity index (χ4v) is 3.50. The van der Waals surface area contributed by atoms with Crippen LogP contribution in [0.3, 0.4) is 0 Å². The van der Waals surface area contributed by atoms with Crippen molar-refractivity contribution in [3.05, 3.63) is 114 Å². The molecule has 3 nitrogen and oxygen atoms in total. The molecule has 0 atom stereocenters. The molecule has 0 aliphatic heterocycles. The number of phenolic OH excluding ortho intramolecular Hbond substituents is 1. The normalized spacial score (nSPS) is 10.9. The fraction of sp³-hybridized carbons (Fsp3) is 0.0357. The molecule has 0 fully saturated rings. The molecule has 0 heterocycles. The number of benzene rings is 4. The number of allylic oxidation sites excluding steroid dienone is 1. The number of para-hydroxylation sites is 1. The van der Waals surface area contributed by atoms with Crippen molar-refractivity contribution in [2.24, 2.45) is 0 Å². The molecule has 4 aromatic rings. The Morgan fingerprint density at radius 2 is 1.55 bits per heavy atom. The second-order valence-electron chi connectivity index (χ2n) is 7.12. The van der Waals surface area contributed by atoms with E-state index in [2.05, 4.69) is 0 Å². The minimum Gasteiger partial charge on any atom is -0.507 e. The van der Waals surface area contributed by atoms with Crippen molar-refractivity contribution in [3.8, 4) is 33.8 Å². The average Bonchev–Trinajstić information content (AvgIpc) is 2.83. The molecule has 0 aromatic heterocycles. The number of carbonyl (C=O) groups excluding carboxylic acids is 1. The summed E-state index contributed by atoms with van der Waals surface area (Å²) in [6.07, 6.45) is 3.40. The molecule has 0 bridgehead atoms. The first-order valence-corrected chi connectivity index (χ1v) is 10.00. The van der Waals surface area contributed by atoms with E-state index in [1.54, 1.807) is 37.5 Å². The standard InChI is InChI=1S/C28H22O3/c1-31-23-11-7-10-22(19-23)26-18-20(15-17-27(29)21-8-3-2-4-9-21)14-16-24(26)25-12-5-6-13-28(25)30/h2-19,30H,1H3. The van der Waals surface area contributed by atoms with Crippen molar-refractivity contribution in [2.45, 2.75) is 0 Å². The lowest BCUT2D eigenvalue weighted by molar-refractivity contribution is 0.104. The number of phenols is 1. The molecular weight excluding hydrogens is 384 g/mol. The molecule has 152 valence electrons. The summed E-state index contributed by atoms with van der Waals surface area (Å²) >= 11 is 0. The molecule has 0 aliphatic rings. The molecule has 0 amide bonds. The summed E-state index contributed by atoms with van der Waals surface area (Å²) in [6.45, 7) is 0. The van der Waals surface area contributed by atoms with Gasteiger partial charge in [0.15, 0.2) is 5.78 Å². The molecule has 0 saturated heterocycles. The van der Waals surface area contributed by atoms with Crippen LogP contribution in [0.4, 0.5) is 0 Å². The van der Waals surface area contributed by atoms with Gasteiger partial charge in [-0.05, 0) is 52.6 Å². The highest BCUT2D eigenvalue weighted by molar-refractivity contribution is 6.06. The number of hydrogen-bond donors (Lipinski definition) is 1. The Balaban J connectivity index is 1.78. The number of methoxy groups -OCH3 is 1. The van der Waals surface area contributed by atoms with Crippen molar-refractivity contribution >= 4 is 11.9 Å². The number of ether oxygens (including phenoxy) is 1. The molecule has 0 aliphatic carbocycles. The molecule has 4 rings (SSSR count). The van der Waals surface area contributed by atoms with Gasteiger partial charge >= 0.3 is 0 Å². The first-order chi connectivity index (χ1) is 15.2. The molecule has 0 spiro atoms. The Labute approximate surface area is 181 Å². The van der Waals surface area contributed by atoms with Crippen LogP contribution in [0.2, 0.25) is 0 Å². The zero-order valence-corrected chi connectivity index (χ0v) is 17.2. The first-order valence-electron chi connectivity index (χ1n) is 10.00. The predicted molar refractivity (Wildman–Crippen MR) is 125 cm³/mol. The second-order valence-corrected chi connectivity index (χ2v) is 7.12. The summed E-state index contributed by atoms with van der Waals surface area (Å²) in [5, 5.41) is 10.4. The van der Waals surface area contributed by atoms with Crippen LogP contribution >= 0.6 is 0 Å². The first kappa shape index (κ1) is 20.2. The average molecular weight is 406 g/mol. The topological polar surface area (TPSA) is 46.5 Å². The van der Waals surface area contributed by atoms with Gasteiger partial charge in [0.05, 0.1) is 7.11 Å². The monoisotopic (exact) mass is 406 g/mol. The van der Waals surface area contributed by atoms with Crippen molar-refractivity contribution in [3.63, 3.8) is 0 Å². The van der Waals surface area contributed by atoms with Gasteiger partial charge in [0.2, 0.25) is 0 Å². The SMILES string of the molecule is COc1cccc(-c2cc(C=CC(=O)c3ccccc3)ccc2-c2ccccc2O)c1. The van der Waals surface area contributed by atoms with Crippen molar-refractivity contribution < 1.29 is 14.6 Å². The minimum absolute atomic E-state index is 0.0479. The minimum atomic E-state index is -0.0479. The van der Waals surface area contributed by atoms with E-state index < -0.39 is 0 Å². The van der Waals surface area contributed by atoms with Crippen LogP contribution in [-0.2, 0) is 0 Å². The van der Waals surface area contributed by atoms with Crippen molar-refractivity contribution in [1.82, 2.24) is 0 Å². The smallest absolute Gasteiger partial charge is 0.185 e. The van der Waals surface area contributed by atoms with E-state index in [1.165, 1.54) is 0 Å². The van der Waals surface area contributed by atoms with E-state index in [0.29, 0.717) is 5.56 Å². The second kappa shape index (κ2) is 9.14. The van der Waals surface area contributed by atoms with Gasteiger partial charge < -0.3 is 9.84 Å². The summed E-state index contributed by atoms with van der Waals surface area (Å²) < 4.78 is 5.40. The highest BCUT2D eigenvalue weighted by Gasteiger charge is 2.12. The van der Waals surface area contributed by atoms with Crippen LogP contribution in [0.1, 0.15) is 15.9 Å². The van der Waals surface area contributed by atoms with Crippen LogP contribution < -0.4 is 4.74 Å². The molecule has 3 heteroatoms. The highest BCUT2D eigenvalue weighted by Crippen LogP contribution is 2.38. The molecular formula is C28H22O3. The van der Waals surface area contributed by atoms with Gasteiger partial charge in [-0.2, -0.15) is 0 Å². The number of rotatable bonds is 6. The molecule has 4 aromatic carbocycles. The fourth-order valence-electron chi connectivity index (χ4n) is 3.50. The van der Waals surface area contributed by atoms with Gasteiger partial charge in [-0.1, -0.05) is 78.9 Å². The van der Waals surface area contributed by atoms with E-state index in [1.807, 2.05) is 78.9 Å². The van der Waals surface area contributed by atoms with E-state index in [4.69, 9.17) is 4.74 Å². The molecule has 0 unspecified atom stereocenters. The zero-order chi connectivity index (χ0) is 21.6. The summed E-state index contributed by atoms with van der Waals surface area (Å²) in [4.78, 5) is 12.5. The third-order valence-corrected chi connectivity index (χ3v) is 5.10. The van der Waals surface area contributed by atoms with E-state index >= 15 is 0 Å². The van der Waals surface area contributed by atoms with Crippen molar-refractivity contribution in [2.75, 3.05) is 7.11 Å². The Kier molecular flexibility index (Phi) is 5.95. The van der Waals surface area contributed by atoms with Crippen LogP contribution in [0.5, 0.6) is 11.5 Å². The molecule has 0 saturated carbocycles. The lowest BCUT2D eigenvalue weighted by atomic mass is 9.92. The van der Waals surface area contributed by atoms with Crippen molar-refractivity contribution in [1.29, 1.82) is 0 Å². The summed E-state index contributed by atoms with van der Waals surface area (Å²) in [5.41, 5.74) is 5.09. The van der Waals surface area contributed by atoms with Crippen LogP contribution in [0, 0.1) is 0 Å². The number of hydrogen-bond acceptors (Lipinski definition) is 3.